The summed E-state index contributed by atoms with van der Waals surface area (Å²) in [6, 6.07) is 14.8. The number of nitrogens with one attached hydrogen (secondary N) is 1. The summed E-state index contributed by atoms with van der Waals surface area (Å²) in [7, 11) is 0. The van der Waals surface area contributed by atoms with Gasteiger partial charge in [-0.3, -0.25) is 0 Å². The van der Waals surface area contributed by atoms with Gasteiger partial charge >= 0.3 is 0 Å². The third-order valence-electron chi connectivity index (χ3n) is 4.19. The van der Waals surface area contributed by atoms with E-state index in [0.717, 1.165) is 47.1 Å². The number of rotatable bonds is 4. The van der Waals surface area contributed by atoms with E-state index in [2.05, 4.69) is 44.3 Å². The Balaban J connectivity index is 1.84. The van der Waals surface area contributed by atoms with Gasteiger partial charge in [-0.1, -0.05) is 57.3 Å². The first kappa shape index (κ1) is 17.1. The Bertz CT molecular complexity index is 678. The number of alkyl halides is 1. The molecule has 1 aliphatic heterocycles. The predicted octanol–water partition coefficient (Wildman–Crippen LogP) is 4.91. The summed E-state index contributed by atoms with van der Waals surface area (Å²) in [5.74, 6) is 0. The molecule has 3 rings (SSSR count). The summed E-state index contributed by atoms with van der Waals surface area (Å²) < 4.78 is 0. The van der Waals surface area contributed by atoms with E-state index in [0.29, 0.717) is 6.04 Å². The lowest BCUT2D eigenvalue weighted by molar-refractivity contribution is 0.473. The van der Waals surface area contributed by atoms with Gasteiger partial charge in [-0.2, -0.15) is 0 Å². The second kappa shape index (κ2) is 7.89. The fourth-order valence-corrected chi connectivity index (χ4v) is 3.94. The van der Waals surface area contributed by atoms with Gasteiger partial charge in [-0.05, 0) is 41.8 Å². The minimum Gasteiger partial charge on any atom is -0.364 e. The highest BCUT2D eigenvalue weighted by atomic mass is 79.9. The van der Waals surface area contributed by atoms with Crippen LogP contribution in [0.25, 0.3) is 0 Å². The molecule has 1 aliphatic rings. The molecule has 122 valence electrons. The van der Waals surface area contributed by atoms with Gasteiger partial charge in [0, 0.05) is 36.0 Å². The van der Waals surface area contributed by atoms with Crippen molar-refractivity contribution in [1.82, 2.24) is 5.32 Å². The van der Waals surface area contributed by atoms with Crippen molar-refractivity contribution in [3.05, 3.63) is 63.6 Å². The summed E-state index contributed by atoms with van der Waals surface area (Å²) >= 11 is 16.1. The van der Waals surface area contributed by atoms with Gasteiger partial charge in [0.1, 0.15) is 0 Å². The molecule has 1 fully saturated rings. The Morgan fingerprint density at radius 1 is 1.13 bits per heavy atom. The Labute approximate surface area is 155 Å². The summed E-state index contributed by atoms with van der Waals surface area (Å²) in [5, 5.41) is 5.91. The number of anilines is 1. The van der Waals surface area contributed by atoms with Crippen LogP contribution in [0.3, 0.4) is 0 Å². The maximum absolute atomic E-state index is 6.53. The van der Waals surface area contributed by atoms with Crippen LogP contribution in [0.15, 0.2) is 42.5 Å². The molecule has 0 amide bonds. The lowest BCUT2D eigenvalue weighted by atomic mass is 10.0. The van der Waals surface area contributed by atoms with Gasteiger partial charge in [-0.25, -0.2) is 0 Å². The van der Waals surface area contributed by atoms with Crippen LogP contribution >= 0.6 is 39.1 Å². The molecule has 0 bridgehead atoms. The molecule has 1 saturated heterocycles. The summed E-state index contributed by atoms with van der Waals surface area (Å²) in [6.45, 7) is 2.88. The van der Waals surface area contributed by atoms with E-state index in [1.165, 1.54) is 11.1 Å². The number of piperazine rings is 1. The topological polar surface area (TPSA) is 15.3 Å². The van der Waals surface area contributed by atoms with E-state index in [1.807, 2.05) is 24.3 Å². The molecule has 1 unspecified atom stereocenters. The maximum Gasteiger partial charge on any atom is 0.0642 e. The molecule has 1 atom stereocenters. The van der Waals surface area contributed by atoms with Crippen LogP contribution in [-0.4, -0.2) is 25.7 Å². The lowest BCUT2D eigenvalue weighted by Crippen LogP contribution is -2.52. The van der Waals surface area contributed by atoms with Crippen molar-refractivity contribution in [1.29, 1.82) is 0 Å². The minimum absolute atomic E-state index is 0.370. The molecule has 1 N–H and O–H groups in total. The van der Waals surface area contributed by atoms with E-state index >= 15 is 0 Å². The Hall–Kier alpha value is -0.740. The largest absolute Gasteiger partial charge is 0.364 e. The van der Waals surface area contributed by atoms with Crippen LogP contribution in [-0.2, 0) is 11.8 Å². The third-order valence-corrected chi connectivity index (χ3v) is 5.37. The predicted molar refractivity (Wildman–Crippen MR) is 103 cm³/mol. The average Bonchev–Trinajstić information content (AvgIpc) is 2.55. The first-order valence-electron chi connectivity index (χ1n) is 7.73. The zero-order valence-corrected chi connectivity index (χ0v) is 15.8. The van der Waals surface area contributed by atoms with Crippen molar-refractivity contribution < 1.29 is 0 Å². The molecule has 0 saturated carbocycles. The zero-order chi connectivity index (χ0) is 16.2. The zero-order valence-electron chi connectivity index (χ0n) is 12.7. The quantitative estimate of drug-likeness (QED) is 0.716. The Morgan fingerprint density at radius 3 is 2.74 bits per heavy atom. The summed E-state index contributed by atoms with van der Waals surface area (Å²) in [5.41, 5.74) is 3.56. The summed E-state index contributed by atoms with van der Waals surface area (Å²) in [6.07, 6.45) is 0.948. The molecule has 0 spiro atoms. The minimum atomic E-state index is 0.370. The second-order valence-electron chi connectivity index (χ2n) is 5.80. The van der Waals surface area contributed by atoms with E-state index < -0.39 is 0 Å². The van der Waals surface area contributed by atoms with Crippen molar-refractivity contribution in [3.63, 3.8) is 0 Å². The van der Waals surface area contributed by atoms with Gasteiger partial charge in [-0.15, -0.1) is 0 Å². The van der Waals surface area contributed by atoms with Gasteiger partial charge in [0.2, 0.25) is 0 Å². The SMILES string of the molecule is Clc1cccc(CC2CNCCN2c2ccc(CBr)cc2Cl)c1. The Kier molecular flexibility index (Phi) is 5.86. The van der Waals surface area contributed by atoms with Crippen molar-refractivity contribution in [2.24, 2.45) is 0 Å². The monoisotopic (exact) mass is 412 g/mol. The van der Waals surface area contributed by atoms with Crippen molar-refractivity contribution >= 4 is 44.8 Å². The van der Waals surface area contributed by atoms with Gasteiger partial charge in [0.25, 0.3) is 0 Å². The lowest BCUT2D eigenvalue weighted by Gasteiger charge is -2.38. The Morgan fingerprint density at radius 2 is 2.00 bits per heavy atom. The van der Waals surface area contributed by atoms with Crippen LogP contribution in [0.1, 0.15) is 11.1 Å². The second-order valence-corrected chi connectivity index (χ2v) is 7.21. The van der Waals surface area contributed by atoms with Crippen molar-refractivity contribution in [2.45, 2.75) is 17.8 Å². The van der Waals surface area contributed by atoms with E-state index in [1.54, 1.807) is 0 Å². The highest BCUT2D eigenvalue weighted by Crippen LogP contribution is 2.30. The maximum atomic E-state index is 6.53. The molecular weight excluding hydrogens is 395 g/mol. The summed E-state index contributed by atoms with van der Waals surface area (Å²) in [4.78, 5) is 2.41. The number of halogens is 3. The van der Waals surface area contributed by atoms with Gasteiger partial charge in [0.05, 0.1) is 10.7 Å². The fraction of sp³-hybridized carbons (Fsp3) is 0.333. The average molecular weight is 414 g/mol. The van der Waals surface area contributed by atoms with Crippen molar-refractivity contribution in [2.75, 3.05) is 24.5 Å². The molecule has 0 aromatic heterocycles. The third kappa shape index (κ3) is 4.21. The van der Waals surface area contributed by atoms with Crippen LogP contribution in [0, 0.1) is 0 Å². The van der Waals surface area contributed by atoms with E-state index in [4.69, 9.17) is 23.2 Å². The molecule has 0 radical (unpaired) electrons. The number of hydrogen-bond donors (Lipinski definition) is 1. The van der Waals surface area contributed by atoms with Gasteiger partial charge < -0.3 is 10.2 Å². The molecule has 1 heterocycles. The van der Waals surface area contributed by atoms with Crippen LogP contribution in [0.5, 0.6) is 0 Å². The first-order valence-corrected chi connectivity index (χ1v) is 9.61. The molecule has 0 aliphatic carbocycles. The number of nitrogens with zero attached hydrogens (tertiary/aromatic N) is 1. The van der Waals surface area contributed by atoms with E-state index in [-0.39, 0.29) is 0 Å². The van der Waals surface area contributed by atoms with E-state index in [9.17, 15) is 0 Å². The van der Waals surface area contributed by atoms with Crippen LogP contribution in [0.4, 0.5) is 5.69 Å². The van der Waals surface area contributed by atoms with Crippen LogP contribution < -0.4 is 10.2 Å². The molecule has 5 heteroatoms. The number of hydrogen-bond acceptors (Lipinski definition) is 2. The number of benzene rings is 2. The highest BCUT2D eigenvalue weighted by molar-refractivity contribution is 9.08. The molecule has 23 heavy (non-hydrogen) atoms. The molecule has 2 aromatic carbocycles. The fourth-order valence-electron chi connectivity index (χ4n) is 3.06. The highest BCUT2D eigenvalue weighted by Gasteiger charge is 2.24. The van der Waals surface area contributed by atoms with Crippen LogP contribution in [0.2, 0.25) is 10.0 Å². The van der Waals surface area contributed by atoms with Crippen molar-refractivity contribution in [3.8, 4) is 0 Å². The standard InChI is InChI=1S/C18H19BrCl2N2/c19-11-14-4-5-18(17(21)10-14)23-7-6-22-12-16(23)9-13-2-1-3-15(20)8-13/h1-5,8,10,16,22H,6-7,9,11-12H2. The first-order chi connectivity index (χ1) is 11.2. The molecule has 2 nitrogen and oxygen atoms in total. The molecule has 2 aromatic rings. The normalized spacial score (nSPS) is 18.2. The van der Waals surface area contributed by atoms with Gasteiger partial charge in [0.15, 0.2) is 0 Å². The smallest absolute Gasteiger partial charge is 0.0642 e. The molecular formula is C18H19BrCl2N2.